The largest absolute Gasteiger partial charge is 0.379 e. The van der Waals surface area contributed by atoms with Crippen molar-refractivity contribution in [1.29, 1.82) is 0 Å². The summed E-state index contributed by atoms with van der Waals surface area (Å²) in [5, 5.41) is 4.07. The van der Waals surface area contributed by atoms with Crippen molar-refractivity contribution < 1.29 is 9.53 Å². The van der Waals surface area contributed by atoms with Crippen molar-refractivity contribution in [3.05, 3.63) is 33.6 Å². The fourth-order valence-corrected chi connectivity index (χ4v) is 3.73. The number of hydrogen-bond acceptors (Lipinski definition) is 5. The van der Waals surface area contributed by atoms with Gasteiger partial charge in [0.2, 0.25) is 5.91 Å². The number of rotatable bonds is 10. The number of halogens is 1. The fraction of sp³-hybridized carbons (Fsp3) is 0.550. The molecule has 0 radical (unpaired) electrons. The van der Waals surface area contributed by atoms with E-state index >= 15 is 0 Å². The first kappa shape index (κ1) is 22.7. The highest BCUT2D eigenvalue weighted by atomic mass is 35.5. The predicted octanol–water partition coefficient (Wildman–Crippen LogP) is 3.87. The van der Waals surface area contributed by atoms with Gasteiger partial charge in [-0.2, -0.15) is 0 Å². The first-order valence-corrected chi connectivity index (χ1v) is 10.8. The Morgan fingerprint density at radius 3 is 2.79 bits per heavy atom. The molecule has 1 heterocycles. The summed E-state index contributed by atoms with van der Waals surface area (Å²) >= 11 is 7.36. The van der Waals surface area contributed by atoms with E-state index in [0.717, 1.165) is 6.42 Å². The number of carbonyl (C=O) groups excluding carboxylic acids is 1. The van der Waals surface area contributed by atoms with Crippen LogP contribution in [0.25, 0.3) is 10.9 Å². The Morgan fingerprint density at radius 2 is 2.11 bits per heavy atom. The van der Waals surface area contributed by atoms with Crippen LogP contribution in [0, 0.1) is 0 Å². The van der Waals surface area contributed by atoms with Crippen LogP contribution in [0.1, 0.15) is 40.5 Å². The molecule has 1 aromatic heterocycles. The molecule has 0 aliphatic carbocycles. The van der Waals surface area contributed by atoms with Gasteiger partial charge in [0.25, 0.3) is 5.56 Å². The van der Waals surface area contributed by atoms with Crippen molar-refractivity contribution in [1.82, 2.24) is 14.9 Å². The van der Waals surface area contributed by atoms with Gasteiger partial charge in [0, 0.05) is 24.7 Å². The molecule has 0 saturated heterocycles. The van der Waals surface area contributed by atoms with Crippen LogP contribution in [0.3, 0.4) is 0 Å². The van der Waals surface area contributed by atoms with Crippen molar-refractivity contribution >= 4 is 40.2 Å². The molecule has 0 saturated carbocycles. The minimum Gasteiger partial charge on any atom is -0.379 e. The number of ether oxygens (including phenoxy) is 1. The summed E-state index contributed by atoms with van der Waals surface area (Å²) in [5.74, 6) is -0.0676. The zero-order valence-corrected chi connectivity index (χ0v) is 18.4. The number of thioether (sulfide) groups is 1. The summed E-state index contributed by atoms with van der Waals surface area (Å²) in [6, 6.07) is 5.06. The Kier molecular flexibility index (Phi) is 8.79. The molecule has 0 unspecified atom stereocenters. The van der Waals surface area contributed by atoms with E-state index in [1.807, 2.05) is 27.7 Å². The third-order valence-corrected chi connectivity index (χ3v) is 5.39. The predicted molar refractivity (Wildman–Crippen MR) is 115 cm³/mol. The number of fused-ring (bicyclic) bond motifs is 1. The molecule has 0 spiro atoms. The van der Waals surface area contributed by atoms with Gasteiger partial charge in [0.15, 0.2) is 5.16 Å². The monoisotopic (exact) mass is 425 g/mol. The molecule has 0 aliphatic heterocycles. The van der Waals surface area contributed by atoms with E-state index in [0.29, 0.717) is 47.2 Å². The topological polar surface area (TPSA) is 73.2 Å². The second-order valence-corrected chi connectivity index (χ2v) is 8.58. The van der Waals surface area contributed by atoms with Crippen LogP contribution in [0.4, 0.5) is 0 Å². The number of nitrogens with zero attached hydrogens (tertiary/aromatic N) is 2. The van der Waals surface area contributed by atoms with Crippen LogP contribution in [0.5, 0.6) is 0 Å². The summed E-state index contributed by atoms with van der Waals surface area (Å²) in [7, 11) is 0. The highest BCUT2D eigenvalue weighted by Gasteiger charge is 2.19. The molecule has 1 amide bonds. The third kappa shape index (κ3) is 6.22. The standard InChI is InChI=1S/C20H28ClN3O3S/c1-5-9-22-18(25)14(4)28-20-23-17-12-15(21)7-8-16(17)19(26)24(20)10-6-11-27-13(2)3/h7-8,12-14H,5-6,9-11H2,1-4H3,(H,22,25)/t14-/m0/s1. The molecular formula is C20H28ClN3O3S. The van der Waals surface area contributed by atoms with Gasteiger partial charge in [-0.1, -0.05) is 30.3 Å². The first-order chi connectivity index (χ1) is 13.3. The van der Waals surface area contributed by atoms with Crippen molar-refractivity contribution in [2.45, 2.75) is 63.6 Å². The van der Waals surface area contributed by atoms with E-state index in [1.54, 1.807) is 22.8 Å². The molecular weight excluding hydrogens is 398 g/mol. The number of amides is 1. The lowest BCUT2D eigenvalue weighted by atomic mass is 10.2. The molecule has 1 aromatic carbocycles. The lowest BCUT2D eigenvalue weighted by molar-refractivity contribution is -0.120. The van der Waals surface area contributed by atoms with E-state index in [4.69, 9.17) is 16.3 Å². The van der Waals surface area contributed by atoms with Crippen LogP contribution in [0.2, 0.25) is 5.02 Å². The molecule has 0 aliphatic rings. The average Bonchev–Trinajstić information content (AvgIpc) is 2.64. The van der Waals surface area contributed by atoms with Gasteiger partial charge >= 0.3 is 0 Å². The lowest BCUT2D eigenvalue weighted by Gasteiger charge is -2.16. The lowest BCUT2D eigenvalue weighted by Crippen LogP contribution is -2.32. The third-order valence-electron chi connectivity index (χ3n) is 4.06. The van der Waals surface area contributed by atoms with Gasteiger partial charge < -0.3 is 10.1 Å². The molecule has 1 atom stereocenters. The average molecular weight is 426 g/mol. The van der Waals surface area contributed by atoms with E-state index in [9.17, 15) is 9.59 Å². The van der Waals surface area contributed by atoms with E-state index < -0.39 is 0 Å². The summed E-state index contributed by atoms with van der Waals surface area (Å²) < 4.78 is 7.22. The number of benzene rings is 1. The summed E-state index contributed by atoms with van der Waals surface area (Å²) in [5.41, 5.74) is 0.408. The van der Waals surface area contributed by atoms with Gasteiger partial charge in [-0.05, 0) is 51.8 Å². The van der Waals surface area contributed by atoms with E-state index in [-0.39, 0.29) is 22.8 Å². The minimum atomic E-state index is -0.367. The maximum atomic E-state index is 13.0. The quantitative estimate of drug-likeness (QED) is 0.355. The van der Waals surface area contributed by atoms with Gasteiger partial charge in [0.05, 0.1) is 22.3 Å². The smallest absolute Gasteiger partial charge is 0.262 e. The molecule has 28 heavy (non-hydrogen) atoms. The maximum absolute atomic E-state index is 13.0. The summed E-state index contributed by atoms with van der Waals surface area (Å²) in [6.07, 6.45) is 1.70. The molecule has 2 rings (SSSR count). The minimum absolute atomic E-state index is 0.0676. The van der Waals surface area contributed by atoms with Crippen LogP contribution in [-0.2, 0) is 16.1 Å². The SMILES string of the molecule is CCCNC(=O)[C@H](C)Sc1nc2cc(Cl)ccc2c(=O)n1CCCOC(C)C. The highest BCUT2D eigenvalue weighted by molar-refractivity contribution is 8.00. The molecule has 0 fully saturated rings. The Morgan fingerprint density at radius 1 is 1.36 bits per heavy atom. The van der Waals surface area contributed by atoms with Gasteiger partial charge in [-0.15, -0.1) is 0 Å². The van der Waals surface area contributed by atoms with Crippen LogP contribution in [0.15, 0.2) is 28.2 Å². The number of carbonyl (C=O) groups is 1. The molecule has 8 heteroatoms. The van der Waals surface area contributed by atoms with Crippen LogP contribution >= 0.6 is 23.4 Å². The van der Waals surface area contributed by atoms with Crippen molar-refractivity contribution in [2.24, 2.45) is 0 Å². The molecule has 0 bridgehead atoms. The number of hydrogen-bond donors (Lipinski definition) is 1. The molecule has 1 N–H and O–H groups in total. The van der Waals surface area contributed by atoms with Crippen molar-refractivity contribution in [3.8, 4) is 0 Å². The van der Waals surface area contributed by atoms with Crippen LogP contribution in [-0.4, -0.2) is 40.0 Å². The fourth-order valence-electron chi connectivity index (χ4n) is 2.61. The normalized spacial score (nSPS) is 12.5. The highest BCUT2D eigenvalue weighted by Crippen LogP contribution is 2.24. The number of aromatic nitrogens is 2. The second-order valence-electron chi connectivity index (χ2n) is 6.84. The Hall–Kier alpha value is -1.57. The van der Waals surface area contributed by atoms with E-state index in [1.165, 1.54) is 11.8 Å². The van der Waals surface area contributed by atoms with Gasteiger partial charge in [0.1, 0.15) is 0 Å². The Bertz CT molecular complexity index is 870. The molecule has 2 aromatic rings. The first-order valence-electron chi connectivity index (χ1n) is 9.59. The zero-order chi connectivity index (χ0) is 20.7. The Balaban J connectivity index is 2.32. The van der Waals surface area contributed by atoms with Crippen molar-refractivity contribution in [2.75, 3.05) is 13.2 Å². The summed E-state index contributed by atoms with van der Waals surface area (Å²) in [4.78, 5) is 29.9. The second kappa shape index (κ2) is 10.8. The van der Waals surface area contributed by atoms with Gasteiger partial charge in [-0.25, -0.2) is 4.98 Å². The van der Waals surface area contributed by atoms with Crippen LogP contribution < -0.4 is 10.9 Å². The molecule has 6 nitrogen and oxygen atoms in total. The van der Waals surface area contributed by atoms with E-state index in [2.05, 4.69) is 10.3 Å². The number of nitrogens with one attached hydrogen (secondary N) is 1. The van der Waals surface area contributed by atoms with Crippen molar-refractivity contribution in [3.63, 3.8) is 0 Å². The van der Waals surface area contributed by atoms with Gasteiger partial charge in [-0.3, -0.25) is 14.2 Å². The maximum Gasteiger partial charge on any atom is 0.262 e. The summed E-state index contributed by atoms with van der Waals surface area (Å²) in [6.45, 7) is 9.43. The molecule has 154 valence electrons. The Labute approximate surface area is 175 Å². The zero-order valence-electron chi connectivity index (χ0n) is 16.8.